The molecule has 2 aliphatic heterocycles. The molecule has 1 aromatic rings. The van der Waals surface area contributed by atoms with E-state index >= 15 is 8.78 Å². The van der Waals surface area contributed by atoms with Crippen molar-refractivity contribution < 1.29 is 32.6 Å². The predicted octanol–water partition coefficient (Wildman–Crippen LogP) is 6.42. The highest BCUT2D eigenvalue weighted by atomic mass is 32.2. The number of anilines is 1. The summed E-state index contributed by atoms with van der Waals surface area (Å²) in [6.07, 6.45) is 1.05. The summed E-state index contributed by atoms with van der Waals surface area (Å²) in [7, 11) is -1.44. The number of carbonyl (C=O) groups is 2. The monoisotopic (exact) mass is 668 g/mol. The number of morpholine rings is 1. The van der Waals surface area contributed by atoms with Crippen molar-refractivity contribution in [2.24, 2.45) is 10.9 Å². The number of hydrogen-bond donors (Lipinski definition) is 1. The van der Waals surface area contributed by atoms with Gasteiger partial charge in [-0.25, -0.2) is 23.5 Å². The zero-order valence-corrected chi connectivity index (χ0v) is 30.0. The number of amides is 2. The smallest absolute Gasteiger partial charge is 0.418 e. The summed E-state index contributed by atoms with van der Waals surface area (Å²) in [6.45, 7) is 18.2. The molecule has 252 valence electrons. The molecule has 3 atom stereocenters. The number of carbonyl (C=O) groups excluding carboxylic acids is 2. The van der Waals surface area contributed by atoms with Gasteiger partial charge in [-0.2, -0.15) is 0 Å². The molecule has 1 fully saturated rings. The quantitative estimate of drug-likeness (QED) is 0.106. The number of hydrogen-bond acceptors (Lipinski definition) is 8. The molecule has 1 aromatic carbocycles. The molecule has 13 heteroatoms. The van der Waals surface area contributed by atoms with Gasteiger partial charge in [0.25, 0.3) is 0 Å². The average molecular weight is 669 g/mol. The van der Waals surface area contributed by atoms with Crippen LogP contribution in [0.25, 0.3) is 0 Å². The Hall–Kier alpha value is -2.48. The molecule has 0 bridgehead atoms. The lowest BCUT2D eigenvalue weighted by atomic mass is 9.72. The van der Waals surface area contributed by atoms with Crippen molar-refractivity contribution >= 4 is 42.7 Å². The zero-order chi connectivity index (χ0) is 33.8. The van der Waals surface area contributed by atoms with Gasteiger partial charge in [-0.1, -0.05) is 44.4 Å². The van der Waals surface area contributed by atoms with Gasteiger partial charge >= 0.3 is 6.09 Å². The molecule has 45 heavy (non-hydrogen) atoms. The maximum Gasteiger partial charge on any atom is 0.418 e. The topological polar surface area (TPSA) is 107 Å². The number of nitrogens with two attached hydrogens (primary N) is 1. The van der Waals surface area contributed by atoms with E-state index in [0.717, 1.165) is 6.04 Å². The van der Waals surface area contributed by atoms with E-state index in [1.807, 2.05) is 6.92 Å². The van der Waals surface area contributed by atoms with E-state index in [0.29, 0.717) is 38.5 Å². The third-order valence-electron chi connectivity index (χ3n) is 8.04. The summed E-state index contributed by atoms with van der Waals surface area (Å²) >= 11 is 1.19. The third kappa shape index (κ3) is 9.29. The lowest BCUT2D eigenvalue weighted by Crippen LogP contribution is -2.53. The van der Waals surface area contributed by atoms with Gasteiger partial charge in [0.05, 0.1) is 13.2 Å². The number of ether oxygens (including phenoxy) is 3. The van der Waals surface area contributed by atoms with Crippen molar-refractivity contribution in [3.8, 4) is 0 Å². The summed E-state index contributed by atoms with van der Waals surface area (Å²) in [5.74, 6) is -1.54. The third-order valence-corrected chi connectivity index (χ3v) is 11.2. The zero-order valence-electron chi connectivity index (χ0n) is 28.2. The second-order valence-corrected chi connectivity index (χ2v) is 21.3. The van der Waals surface area contributed by atoms with Crippen LogP contribution in [0.15, 0.2) is 34.8 Å². The first-order chi connectivity index (χ1) is 20.8. The van der Waals surface area contributed by atoms with E-state index in [4.69, 9.17) is 24.9 Å². The molecular formula is C32H50F2N4O5SSi. The van der Waals surface area contributed by atoms with Gasteiger partial charge in [0, 0.05) is 55.3 Å². The van der Waals surface area contributed by atoms with Crippen LogP contribution in [0, 0.1) is 11.7 Å². The van der Waals surface area contributed by atoms with Crippen molar-refractivity contribution in [2.45, 2.75) is 83.1 Å². The maximum absolute atomic E-state index is 15.7. The number of aliphatic imine (C=N–C) groups is 1. The number of alkyl halides is 1. The molecule has 1 saturated heterocycles. The Labute approximate surface area is 271 Å². The Bertz CT molecular complexity index is 1300. The second-order valence-electron chi connectivity index (χ2n) is 14.2. The predicted molar refractivity (Wildman–Crippen MR) is 179 cm³/mol. The molecule has 9 nitrogen and oxygen atoms in total. The van der Waals surface area contributed by atoms with E-state index < -0.39 is 48.5 Å². The fourth-order valence-electron chi connectivity index (χ4n) is 5.25. The van der Waals surface area contributed by atoms with E-state index in [2.05, 4.69) is 19.6 Å². The highest BCUT2D eigenvalue weighted by molar-refractivity contribution is 8.15. The number of nitrogens with zero attached hydrogens (tertiary/aromatic N) is 3. The number of thioether (sulfide) groups is 1. The van der Waals surface area contributed by atoms with Gasteiger partial charge in [-0.15, -0.1) is 0 Å². The number of nitrogen functional groups attached to an aromatic ring is 1. The molecular weight excluding hydrogens is 619 g/mol. The summed E-state index contributed by atoms with van der Waals surface area (Å²) in [5.41, 5.74) is 4.10. The lowest BCUT2D eigenvalue weighted by Gasteiger charge is -2.48. The normalized spacial score (nSPS) is 24.7. The van der Waals surface area contributed by atoms with Crippen LogP contribution in [0.4, 0.5) is 19.3 Å². The van der Waals surface area contributed by atoms with Crippen molar-refractivity contribution in [3.05, 3.63) is 41.2 Å². The van der Waals surface area contributed by atoms with Gasteiger partial charge < -0.3 is 24.8 Å². The minimum absolute atomic E-state index is 0.0316. The van der Waals surface area contributed by atoms with Crippen LogP contribution in [0.1, 0.15) is 47.1 Å². The van der Waals surface area contributed by atoms with Crippen molar-refractivity contribution in [2.75, 3.05) is 52.0 Å². The Balaban J connectivity index is 2.18. The Morgan fingerprint density at radius 2 is 1.91 bits per heavy atom. The number of benzene rings is 1. The molecule has 0 aromatic heterocycles. The summed E-state index contributed by atoms with van der Waals surface area (Å²) in [4.78, 5) is 34.9. The minimum atomic E-state index is -1.79. The van der Waals surface area contributed by atoms with Crippen LogP contribution >= 0.6 is 11.8 Å². The summed E-state index contributed by atoms with van der Waals surface area (Å²) < 4.78 is 47.4. The van der Waals surface area contributed by atoms with Gasteiger partial charge in [0.1, 0.15) is 30.4 Å². The molecule has 1 unspecified atom stereocenters. The molecule has 0 saturated carbocycles. The molecule has 3 rings (SSSR count). The molecule has 2 N–H and O–H groups in total. The minimum Gasteiger partial charge on any atom is -0.443 e. The molecule has 2 amide bonds. The molecule has 2 heterocycles. The van der Waals surface area contributed by atoms with Gasteiger partial charge in [0.15, 0.2) is 5.17 Å². The van der Waals surface area contributed by atoms with Gasteiger partial charge in [0.2, 0.25) is 5.91 Å². The highest BCUT2D eigenvalue weighted by Gasteiger charge is 2.54. The average Bonchev–Trinajstić information content (AvgIpc) is 2.94. The van der Waals surface area contributed by atoms with Crippen LogP contribution in [0.5, 0.6) is 0 Å². The lowest BCUT2D eigenvalue weighted by molar-refractivity contribution is -0.131. The molecule has 0 spiro atoms. The largest absolute Gasteiger partial charge is 0.443 e. The molecule has 0 radical (unpaired) electrons. The SMILES string of the molecule is C/C(=C\[C@@]1(C)SC(N(COCC[Si](C)(C)C)C(=O)OC(C)(C)C)=N[C@](CF)(c2cc(N)ccc2F)C1C)C(=O)N1CCOCC1. The van der Waals surface area contributed by atoms with Gasteiger partial charge in [-0.05, 0) is 58.9 Å². The van der Waals surface area contributed by atoms with E-state index in [1.54, 1.807) is 45.6 Å². The first-order valence-corrected chi connectivity index (χ1v) is 19.9. The molecule has 0 aliphatic carbocycles. The van der Waals surface area contributed by atoms with Crippen molar-refractivity contribution in [1.82, 2.24) is 9.80 Å². The number of amidine groups is 1. The second kappa shape index (κ2) is 14.5. The van der Waals surface area contributed by atoms with E-state index in [1.165, 1.54) is 34.9 Å². The summed E-state index contributed by atoms with van der Waals surface area (Å²) in [5, 5.41) is 0.0974. The van der Waals surface area contributed by atoms with Crippen LogP contribution in [0.3, 0.4) is 0 Å². The Kier molecular flexibility index (Phi) is 11.9. The van der Waals surface area contributed by atoms with E-state index in [9.17, 15) is 9.59 Å². The van der Waals surface area contributed by atoms with Crippen LogP contribution < -0.4 is 5.73 Å². The van der Waals surface area contributed by atoms with Crippen LogP contribution in [-0.4, -0.2) is 91.7 Å². The van der Waals surface area contributed by atoms with Crippen LogP contribution in [-0.2, 0) is 24.5 Å². The first kappa shape index (κ1) is 37.0. The Morgan fingerprint density at radius 1 is 1.27 bits per heavy atom. The van der Waals surface area contributed by atoms with Crippen molar-refractivity contribution in [3.63, 3.8) is 0 Å². The number of halogens is 2. The fraction of sp³-hybridized carbons (Fsp3) is 0.656. The van der Waals surface area contributed by atoms with Crippen molar-refractivity contribution in [1.29, 1.82) is 0 Å². The number of rotatable bonds is 9. The standard InChI is InChI=1S/C32H50F2N4O5SSi/c1-22(27(39)37-12-14-41-15-13-37)19-31(6)23(2)32(20-33,25-18-24(35)10-11-26(25)34)36-28(44-31)38(29(40)43-30(3,4)5)21-42-16-17-45(7,8)9/h10-11,18-19,23H,12-17,20-21,35H2,1-9H3/b22-19+/t23?,31-,32+/m1/s1. The van der Waals surface area contributed by atoms with E-state index in [-0.39, 0.29) is 29.1 Å². The Morgan fingerprint density at radius 3 is 2.49 bits per heavy atom. The van der Waals surface area contributed by atoms with Gasteiger partial charge in [-0.3, -0.25) is 4.79 Å². The highest BCUT2D eigenvalue weighted by Crippen LogP contribution is 2.53. The summed E-state index contributed by atoms with van der Waals surface area (Å²) in [6, 6.07) is 4.84. The fourth-order valence-corrected chi connectivity index (χ4v) is 7.45. The maximum atomic E-state index is 15.7. The molecule has 2 aliphatic rings. The first-order valence-electron chi connectivity index (χ1n) is 15.4. The van der Waals surface area contributed by atoms with Crippen LogP contribution in [0.2, 0.25) is 25.7 Å².